The van der Waals surface area contributed by atoms with E-state index < -0.39 is 0 Å². The molecule has 2 N–H and O–H groups in total. The summed E-state index contributed by atoms with van der Waals surface area (Å²) in [7, 11) is 0. The van der Waals surface area contributed by atoms with E-state index in [4.69, 9.17) is 9.72 Å². The SMILES string of the molecule is Cc1cc(Cn2c(=O)c(C(=O)C3CC3)cc3cnc(Nc4ccc(OC5CCNCC5)cc4)nc32)c(-c2nccs2)s1. The van der Waals surface area contributed by atoms with Gasteiger partial charge in [-0.15, -0.1) is 22.7 Å². The number of hydrogen-bond acceptors (Lipinski definition) is 10. The van der Waals surface area contributed by atoms with Crippen LogP contribution in [0.1, 0.15) is 46.5 Å². The second-order valence-corrected chi connectivity index (χ2v) is 13.0. The molecule has 214 valence electrons. The maximum atomic E-state index is 13.9. The van der Waals surface area contributed by atoms with Crippen LogP contribution >= 0.6 is 22.7 Å². The lowest BCUT2D eigenvalue weighted by Gasteiger charge is -2.23. The van der Waals surface area contributed by atoms with Crippen molar-refractivity contribution in [2.75, 3.05) is 18.4 Å². The van der Waals surface area contributed by atoms with E-state index in [1.54, 1.807) is 45.7 Å². The van der Waals surface area contributed by atoms with Crippen molar-refractivity contribution in [2.24, 2.45) is 5.92 Å². The summed E-state index contributed by atoms with van der Waals surface area (Å²) < 4.78 is 7.74. The number of aromatic nitrogens is 4. The van der Waals surface area contributed by atoms with Crippen molar-refractivity contribution in [3.05, 3.63) is 80.5 Å². The van der Waals surface area contributed by atoms with Crippen molar-refractivity contribution in [3.63, 3.8) is 0 Å². The highest BCUT2D eigenvalue weighted by Crippen LogP contribution is 2.35. The van der Waals surface area contributed by atoms with Crippen LogP contribution in [0.2, 0.25) is 0 Å². The molecule has 0 amide bonds. The highest BCUT2D eigenvalue weighted by atomic mass is 32.1. The molecule has 1 aromatic carbocycles. The largest absolute Gasteiger partial charge is 0.490 e. The minimum Gasteiger partial charge on any atom is -0.490 e. The van der Waals surface area contributed by atoms with Crippen molar-refractivity contribution in [1.29, 1.82) is 0 Å². The molecule has 1 saturated carbocycles. The third-order valence-corrected chi connectivity index (χ3v) is 9.65. The Morgan fingerprint density at radius 1 is 1.12 bits per heavy atom. The number of pyridine rings is 1. The summed E-state index contributed by atoms with van der Waals surface area (Å²) in [5, 5.41) is 10.1. The molecule has 42 heavy (non-hydrogen) atoms. The van der Waals surface area contributed by atoms with Gasteiger partial charge >= 0.3 is 0 Å². The number of rotatable bonds is 9. The minimum atomic E-state index is -0.322. The molecule has 0 spiro atoms. The number of thiazole rings is 1. The van der Waals surface area contributed by atoms with E-state index in [2.05, 4.69) is 26.7 Å². The normalized spacial score (nSPS) is 15.6. The molecule has 1 aliphatic carbocycles. The van der Waals surface area contributed by atoms with E-state index in [0.29, 0.717) is 17.0 Å². The Kier molecular flexibility index (Phi) is 7.31. The van der Waals surface area contributed by atoms with Crippen LogP contribution in [0.5, 0.6) is 5.75 Å². The number of nitrogens with zero attached hydrogens (tertiary/aromatic N) is 4. The van der Waals surface area contributed by atoms with Gasteiger partial charge in [0.1, 0.15) is 22.5 Å². The molecule has 0 atom stereocenters. The highest BCUT2D eigenvalue weighted by Gasteiger charge is 2.33. The third-order valence-electron chi connectivity index (χ3n) is 7.63. The summed E-state index contributed by atoms with van der Waals surface area (Å²) in [6.07, 6.45) is 7.34. The number of thiophene rings is 1. The zero-order valence-electron chi connectivity index (χ0n) is 23.1. The lowest BCUT2D eigenvalue weighted by molar-refractivity contribution is 0.0966. The predicted octanol–water partition coefficient (Wildman–Crippen LogP) is 5.80. The van der Waals surface area contributed by atoms with Crippen LogP contribution in [0, 0.1) is 12.8 Å². The van der Waals surface area contributed by atoms with Crippen molar-refractivity contribution in [1.82, 2.24) is 24.8 Å². The van der Waals surface area contributed by atoms with E-state index in [-0.39, 0.29) is 35.5 Å². The van der Waals surface area contributed by atoms with E-state index >= 15 is 0 Å². The first kappa shape index (κ1) is 26.9. The first-order valence-electron chi connectivity index (χ1n) is 14.2. The number of nitrogens with one attached hydrogen (secondary N) is 2. The van der Waals surface area contributed by atoms with Gasteiger partial charge in [-0.1, -0.05) is 0 Å². The van der Waals surface area contributed by atoms with Crippen LogP contribution in [0.3, 0.4) is 0 Å². The van der Waals surface area contributed by atoms with Gasteiger partial charge in [0.2, 0.25) is 5.95 Å². The fraction of sp³-hybridized carbons (Fsp3) is 0.323. The Labute approximate surface area is 250 Å². The van der Waals surface area contributed by atoms with E-state index in [1.807, 2.05) is 36.6 Å². The van der Waals surface area contributed by atoms with Crippen LogP contribution in [0.25, 0.3) is 20.9 Å². The maximum Gasteiger partial charge on any atom is 0.263 e. The number of ether oxygens (including phenoxy) is 1. The van der Waals surface area contributed by atoms with Gasteiger partial charge in [0.05, 0.1) is 17.0 Å². The lowest BCUT2D eigenvalue weighted by Crippen LogP contribution is -2.34. The molecule has 0 radical (unpaired) electrons. The van der Waals surface area contributed by atoms with E-state index in [9.17, 15) is 9.59 Å². The molecule has 5 aromatic rings. The fourth-order valence-electron chi connectivity index (χ4n) is 5.33. The molecule has 0 unspecified atom stereocenters. The van der Waals surface area contributed by atoms with Crippen LogP contribution in [0.4, 0.5) is 11.6 Å². The zero-order valence-corrected chi connectivity index (χ0v) is 24.8. The number of carbonyl (C=O) groups is 1. The van der Waals surface area contributed by atoms with Gasteiger partial charge in [0.15, 0.2) is 5.78 Å². The molecule has 9 nitrogen and oxygen atoms in total. The molecule has 1 aliphatic heterocycles. The molecule has 0 bridgehead atoms. The summed E-state index contributed by atoms with van der Waals surface area (Å²) in [6.45, 7) is 4.28. The van der Waals surface area contributed by atoms with Gasteiger partial charge in [0.25, 0.3) is 5.56 Å². The molecular formula is C31H30N6O3S2. The van der Waals surface area contributed by atoms with Gasteiger partial charge in [-0.3, -0.25) is 14.2 Å². The van der Waals surface area contributed by atoms with Crippen molar-refractivity contribution >= 4 is 51.1 Å². The number of anilines is 2. The number of hydrogen-bond donors (Lipinski definition) is 2. The summed E-state index contributed by atoms with van der Waals surface area (Å²) in [5.41, 5.74) is 2.15. The van der Waals surface area contributed by atoms with Gasteiger partial charge in [-0.05, 0) is 87.7 Å². The first-order valence-corrected chi connectivity index (χ1v) is 15.9. The highest BCUT2D eigenvalue weighted by molar-refractivity contribution is 7.21. The summed E-state index contributed by atoms with van der Waals surface area (Å²) in [5.74, 6) is 1.04. The van der Waals surface area contributed by atoms with Crippen molar-refractivity contribution in [3.8, 4) is 15.6 Å². The average molecular weight is 599 g/mol. The Balaban J connectivity index is 1.23. The van der Waals surface area contributed by atoms with Crippen molar-refractivity contribution < 1.29 is 9.53 Å². The topological polar surface area (TPSA) is 111 Å². The smallest absolute Gasteiger partial charge is 0.263 e. The van der Waals surface area contributed by atoms with Crippen LogP contribution < -0.4 is 20.9 Å². The Bertz CT molecular complexity index is 1800. The Morgan fingerprint density at radius 2 is 1.93 bits per heavy atom. The number of ketones is 1. The fourth-order valence-corrected chi connectivity index (χ4v) is 7.13. The molecule has 1 saturated heterocycles. The quantitative estimate of drug-likeness (QED) is 0.205. The molecule has 2 aliphatic rings. The molecule has 11 heteroatoms. The molecule has 4 aromatic heterocycles. The number of aryl methyl sites for hydroxylation is 1. The summed E-state index contributed by atoms with van der Waals surface area (Å²) >= 11 is 3.22. The minimum absolute atomic E-state index is 0.0681. The number of fused-ring (bicyclic) bond motifs is 1. The lowest BCUT2D eigenvalue weighted by atomic mass is 10.1. The third kappa shape index (κ3) is 5.59. The van der Waals surface area contributed by atoms with E-state index in [1.165, 1.54) is 0 Å². The van der Waals surface area contributed by atoms with Crippen molar-refractivity contribution in [2.45, 2.75) is 45.3 Å². The predicted molar refractivity (Wildman–Crippen MR) is 166 cm³/mol. The van der Waals surface area contributed by atoms with Gasteiger partial charge in [-0.25, -0.2) is 9.97 Å². The Hall–Kier alpha value is -3.93. The summed E-state index contributed by atoms with van der Waals surface area (Å²) in [4.78, 5) is 42.9. The van der Waals surface area contributed by atoms with Gasteiger partial charge < -0.3 is 15.4 Å². The van der Waals surface area contributed by atoms with Crippen LogP contribution in [-0.4, -0.2) is 44.5 Å². The van der Waals surface area contributed by atoms with Crippen LogP contribution in [-0.2, 0) is 6.54 Å². The van der Waals surface area contributed by atoms with Gasteiger partial charge in [-0.2, -0.15) is 4.98 Å². The Morgan fingerprint density at radius 3 is 2.67 bits per heavy atom. The second kappa shape index (κ2) is 11.4. The maximum absolute atomic E-state index is 13.9. The number of carbonyl (C=O) groups excluding carboxylic acids is 1. The molecule has 2 fully saturated rings. The average Bonchev–Trinajstić information content (AvgIpc) is 3.58. The van der Waals surface area contributed by atoms with Gasteiger partial charge in [0, 0.05) is 39.6 Å². The van der Waals surface area contributed by atoms with Crippen LogP contribution in [0.15, 0.2) is 59.0 Å². The summed E-state index contributed by atoms with van der Waals surface area (Å²) in [6, 6.07) is 11.5. The molecular weight excluding hydrogens is 569 g/mol. The number of benzene rings is 1. The standard InChI is InChI=1S/C31H30N6O3S2/c1-18-14-21(27(42-18)29-33-12-13-41-29)17-37-28-20(15-25(30(37)39)26(38)19-2-3-19)16-34-31(36-28)35-22-4-6-23(7-5-22)40-24-8-10-32-11-9-24/h4-7,12-16,19,24,32H,2-3,8-11,17H2,1H3,(H,34,35,36). The zero-order chi connectivity index (χ0) is 28.6. The molecule has 5 heterocycles. The molecule has 7 rings (SSSR count). The monoisotopic (exact) mass is 598 g/mol. The number of piperidine rings is 1. The van der Waals surface area contributed by atoms with E-state index in [0.717, 1.165) is 70.5 Å². The number of Topliss-reactive ketones (excluding diaryl/α,β-unsaturated/α-hetero) is 1. The first-order chi connectivity index (χ1) is 20.5. The second-order valence-electron chi connectivity index (χ2n) is 10.8.